The molecule has 272 valence electrons. The molecule has 0 amide bonds. The second kappa shape index (κ2) is 15.6. The largest absolute Gasteiger partial charge is 0.481 e. The van der Waals surface area contributed by atoms with Crippen molar-refractivity contribution in [1.82, 2.24) is 25.2 Å². The van der Waals surface area contributed by atoms with E-state index in [9.17, 15) is 14.7 Å². The first-order valence-electron chi connectivity index (χ1n) is 17.9. The Hall–Kier alpha value is -4.58. The van der Waals surface area contributed by atoms with Crippen LogP contribution in [0.25, 0.3) is 22.4 Å². The number of fused-ring (bicyclic) bond motifs is 1. The zero-order chi connectivity index (χ0) is 36.4. The molecule has 2 aromatic heterocycles. The van der Waals surface area contributed by atoms with Crippen LogP contribution >= 0.6 is 11.6 Å². The summed E-state index contributed by atoms with van der Waals surface area (Å²) in [6, 6.07) is 14.4. The van der Waals surface area contributed by atoms with Gasteiger partial charge in [-0.2, -0.15) is 4.98 Å². The molecule has 2 aliphatic carbocycles. The third kappa shape index (κ3) is 7.49. The Morgan fingerprint density at radius 3 is 2.54 bits per heavy atom. The van der Waals surface area contributed by atoms with Gasteiger partial charge in [-0.25, -0.2) is 4.98 Å². The Bertz CT molecular complexity index is 1990. The van der Waals surface area contributed by atoms with Crippen LogP contribution in [0.5, 0.6) is 17.6 Å². The Morgan fingerprint density at radius 1 is 1.00 bits per heavy atom. The Morgan fingerprint density at radius 2 is 1.79 bits per heavy atom. The van der Waals surface area contributed by atoms with Gasteiger partial charge in [0, 0.05) is 43.6 Å². The number of hydrogen-bond acceptors (Lipinski definition) is 10. The maximum absolute atomic E-state index is 11.6. The van der Waals surface area contributed by atoms with Crippen LogP contribution in [0.1, 0.15) is 66.2 Å². The molecule has 7 rings (SSSR count). The van der Waals surface area contributed by atoms with E-state index in [1.807, 2.05) is 12.1 Å². The van der Waals surface area contributed by atoms with Crippen molar-refractivity contribution in [2.75, 3.05) is 33.9 Å². The lowest BCUT2D eigenvalue weighted by Gasteiger charge is -2.20. The van der Waals surface area contributed by atoms with E-state index in [0.717, 1.165) is 70.6 Å². The zero-order valence-corrected chi connectivity index (χ0v) is 30.5. The van der Waals surface area contributed by atoms with Crippen LogP contribution in [0, 0.1) is 18.8 Å². The minimum atomic E-state index is -0.766. The molecular weight excluding hydrogens is 682 g/mol. The molecule has 1 saturated heterocycles. The molecule has 2 aromatic carbocycles. The van der Waals surface area contributed by atoms with Crippen LogP contribution in [0.2, 0.25) is 5.02 Å². The van der Waals surface area contributed by atoms with E-state index in [2.05, 4.69) is 52.5 Å². The number of carbonyl (C=O) groups excluding carboxylic acids is 1. The zero-order valence-electron chi connectivity index (χ0n) is 29.8. The van der Waals surface area contributed by atoms with Crippen molar-refractivity contribution in [3.8, 4) is 40.0 Å². The lowest BCUT2D eigenvalue weighted by Crippen LogP contribution is -2.23. The van der Waals surface area contributed by atoms with E-state index >= 15 is 0 Å². The molecule has 3 atom stereocenters. The predicted molar refractivity (Wildman–Crippen MR) is 197 cm³/mol. The van der Waals surface area contributed by atoms with Crippen LogP contribution in [0.3, 0.4) is 0 Å². The van der Waals surface area contributed by atoms with Gasteiger partial charge in [-0.05, 0) is 85.5 Å². The average Bonchev–Trinajstić information content (AvgIpc) is 3.90. The van der Waals surface area contributed by atoms with Crippen LogP contribution in [-0.2, 0) is 29.1 Å². The summed E-state index contributed by atoms with van der Waals surface area (Å²) < 4.78 is 17.8. The van der Waals surface area contributed by atoms with Gasteiger partial charge < -0.3 is 24.6 Å². The number of carboxylic acid groups (broad SMARTS) is 1. The fourth-order valence-corrected chi connectivity index (χ4v) is 8.11. The van der Waals surface area contributed by atoms with E-state index < -0.39 is 5.97 Å². The van der Waals surface area contributed by atoms with Crippen molar-refractivity contribution in [2.45, 2.75) is 64.6 Å². The van der Waals surface area contributed by atoms with E-state index in [4.69, 9.17) is 35.8 Å². The summed E-state index contributed by atoms with van der Waals surface area (Å²) >= 11 is 6.75. The number of halogens is 1. The van der Waals surface area contributed by atoms with Crippen LogP contribution in [0.15, 0.2) is 48.7 Å². The fraction of sp³-hybridized carbons (Fsp3) is 0.425. The fourth-order valence-electron chi connectivity index (χ4n) is 7.89. The van der Waals surface area contributed by atoms with Gasteiger partial charge in [0.25, 0.3) is 0 Å². The number of ether oxygens (including phenoxy) is 3. The van der Waals surface area contributed by atoms with Gasteiger partial charge in [-0.1, -0.05) is 48.0 Å². The number of nitrogens with zero attached hydrogens (tertiary/aromatic N) is 4. The number of aromatic nitrogens is 3. The van der Waals surface area contributed by atoms with E-state index in [1.165, 1.54) is 5.56 Å². The molecule has 11 nitrogen and oxygen atoms in total. The minimum Gasteiger partial charge on any atom is -0.481 e. The molecule has 3 heterocycles. The first-order valence-corrected chi connectivity index (χ1v) is 18.3. The smallest absolute Gasteiger partial charge is 0.307 e. The quantitative estimate of drug-likeness (QED) is 0.154. The highest BCUT2D eigenvalue weighted by molar-refractivity contribution is 6.31. The topological polar surface area (TPSA) is 136 Å². The molecule has 0 radical (unpaired) electrons. The second-order valence-electron chi connectivity index (χ2n) is 14.0. The number of carbonyl (C=O) groups is 2. The normalized spacial score (nSPS) is 19.9. The average molecular weight is 726 g/mol. The molecule has 4 aromatic rings. The second-order valence-corrected chi connectivity index (χ2v) is 14.4. The molecule has 0 unspecified atom stereocenters. The van der Waals surface area contributed by atoms with Gasteiger partial charge in [-0.15, -0.1) is 0 Å². The summed E-state index contributed by atoms with van der Waals surface area (Å²) in [4.78, 5) is 39.4. The van der Waals surface area contributed by atoms with Gasteiger partial charge in [0.1, 0.15) is 22.6 Å². The van der Waals surface area contributed by atoms with E-state index in [-0.39, 0.29) is 12.0 Å². The summed E-state index contributed by atoms with van der Waals surface area (Å²) in [7, 11) is 3.18. The summed E-state index contributed by atoms with van der Waals surface area (Å²) in [6.45, 7) is 5.07. The number of benzene rings is 2. The third-order valence-electron chi connectivity index (χ3n) is 10.6. The number of pyridine rings is 1. The molecule has 2 fully saturated rings. The molecule has 12 heteroatoms. The Balaban J connectivity index is 1.08. The van der Waals surface area contributed by atoms with E-state index in [1.54, 1.807) is 20.4 Å². The van der Waals surface area contributed by atoms with Crippen molar-refractivity contribution in [1.29, 1.82) is 0 Å². The Kier molecular flexibility index (Phi) is 10.7. The van der Waals surface area contributed by atoms with Crippen LogP contribution in [0.4, 0.5) is 0 Å². The summed E-state index contributed by atoms with van der Waals surface area (Å²) in [5.74, 6) is 0.809. The highest BCUT2D eigenvalue weighted by Gasteiger charge is 2.31. The number of methoxy groups -OCH3 is 2. The van der Waals surface area contributed by atoms with Gasteiger partial charge >= 0.3 is 5.97 Å². The number of aliphatic carboxylic acids is 1. The van der Waals surface area contributed by atoms with Gasteiger partial charge in [0.2, 0.25) is 17.6 Å². The van der Waals surface area contributed by atoms with Crippen molar-refractivity contribution in [3.63, 3.8) is 0 Å². The lowest BCUT2D eigenvalue weighted by atomic mass is 9.91. The van der Waals surface area contributed by atoms with Crippen LogP contribution in [-0.4, -0.2) is 70.6 Å². The molecule has 1 saturated carbocycles. The number of likely N-dealkylation sites (tertiary alicyclic amines) is 1. The minimum absolute atomic E-state index is 0.237. The van der Waals surface area contributed by atoms with Gasteiger partial charge in [0.05, 0.1) is 32.0 Å². The predicted octanol–water partition coefficient (Wildman–Crippen LogP) is 6.62. The van der Waals surface area contributed by atoms with Crippen LogP contribution < -0.4 is 19.5 Å². The summed E-state index contributed by atoms with van der Waals surface area (Å²) in [5.41, 5.74) is 8.91. The lowest BCUT2D eigenvalue weighted by molar-refractivity contribution is -0.141. The highest BCUT2D eigenvalue weighted by Crippen LogP contribution is 2.43. The first-order chi connectivity index (χ1) is 25.2. The standard InChI is InChI=1S/C40H44ClN5O6/c1-23-28(6-4-7-29(23)34-20-43-35(39(44-34)51-3)19-42-18-24-10-11-27(47)16-24)30-8-5-9-32-31(30)12-13-36(32)52-38-33(41)17-26(37(45-38)50-2)22-46-15-14-25(21-46)40(48)49/h4-9,17,20,24-25,36,42H,10-16,18-19,21-22H2,1-3H3,(H,48,49)/t24-,25-,36+/m1/s1. The molecule has 52 heavy (non-hydrogen) atoms. The molecule has 1 aliphatic heterocycles. The molecule has 0 spiro atoms. The van der Waals surface area contributed by atoms with Crippen molar-refractivity contribution >= 4 is 23.4 Å². The van der Waals surface area contributed by atoms with Crippen molar-refractivity contribution < 1.29 is 28.9 Å². The maximum atomic E-state index is 11.6. The SMILES string of the molecule is COc1nc(O[C@H]2CCc3c(-c4cccc(-c5cnc(CNC[C@@H]6CCC(=O)C6)c(OC)n5)c4C)cccc32)c(Cl)cc1CN1CC[C@@H](C(=O)O)C1. The van der Waals surface area contributed by atoms with Crippen molar-refractivity contribution in [3.05, 3.63) is 81.6 Å². The highest BCUT2D eigenvalue weighted by atomic mass is 35.5. The number of rotatable bonds is 13. The number of hydrogen-bond donors (Lipinski definition) is 2. The van der Waals surface area contributed by atoms with Gasteiger partial charge in [0.15, 0.2) is 0 Å². The molecule has 3 aliphatic rings. The number of Topliss-reactive ketones (excluding diaryl/α,β-unsaturated/α-hetero) is 1. The molecule has 0 bridgehead atoms. The Labute approximate surface area is 308 Å². The number of nitrogens with one attached hydrogen (secondary N) is 1. The maximum Gasteiger partial charge on any atom is 0.307 e. The van der Waals surface area contributed by atoms with E-state index in [0.29, 0.717) is 79.8 Å². The summed E-state index contributed by atoms with van der Waals surface area (Å²) in [5, 5.41) is 13.2. The summed E-state index contributed by atoms with van der Waals surface area (Å²) in [6.07, 6.45) is 6.06. The first kappa shape index (κ1) is 35.8. The number of carboxylic acids is 1. The third-order valence-corrected chi connectivity index (χ3v) is 10.9. The number of ketones is 1. The van der Waals surface area contributed by atoms with Gasteiger partial charge in [-0.3, -0.25) is 19.5 Å². The van der Waals surface area contributed by atoms with Crippen molar-refractivity contribution in [2.24, 2.45) is 11.8 Å². The monoisotopic (exact) mass is 725 g/mol. The molecule has 2 N–H and O–H groups in total. The molecular formula is C40H44ClN5O6.